The zero-order chi connectivity index (χ0) is 17.4. The summed E-state index contributed by atoms with van der Waals surface area (Å²) in [5.74, 6) is -0.133. The van der Waals surface area contributed by atoms with Crippen molar-refractivity contribution in [2.45, 2.75) is 6.04 Å². The Labute approximate surface area is 155 Å². The maximum absolute atomic E-state index is 13.0. The number of nitrogens with zero attached hydrogens (tertiary/aromatic N) is 5. The molecule has 2 fully saturated rings. The molecule has 1 aromatic carbocycles. The smallest absolute Gasteiger partial charge is 0.274 e. The molecular weight excluding hydrogens is 365 g/mol. The van der Waals surface area contributed by atoms with Crippen LogP contribution in [0.4, 0.5) is 0 Å². The van der Waals surface area contributed by atoms with E-state index in [1.165, 1.54) is 10.9 Å². The standard InChI is InChI=1S/C16H17Cl2N5O2/c17-12-2-1-3-13(18)15(12)23-14(8-19-20-23)16(24)22-5-4-21-6-7-25-10-11(21)9-22/h1-3,8,11H,4-7,9-10H2. The summed E-state index contributed by atoms with van der Waals surface area (Å²) in [6, 6.07) is 5.39. The number of fused-ring (bicyclic) bond motifs is 1. The SMILES string of the molecule is O=C(c1cnnn1-c1c(Cl)cccc1Cl)N1CCN2CCOCC2C1. The van der Waals surface area contributed by atoms with Crippen molar-refractivity contribution in [3.63, 3.8) is 0 Å². The molecule has 0 aliphatic carbocycles. The number of hydrogen-bond donors (Lipinski definition) is 0. The number of morpholine rings is 1. The first-order valence-electron chi connectivity index (χ1n) is 8.11. The van der Waals surface area contributed by atoms with E-state index >= 15 is 0 Å². The van der Waals surface area contributed by atoms with Gasteiger partial charge in [-0.2, -0.15) is 0 Å². The van der Waals surface area contributed by atoms with E-state index < -0.39 is 0 Å². The van der Waals surface area contributed by atoms with Crippen molar-refractivity contribution in [2.24, 2.45) is 0 Å². The number of piperazine rings is 1. The van der Waals surface area contributed by atoms with Gasteiger partial charge in [0.2, 0.25) is 0 Å². The molecule has 0 radical (unpaired) electrons. The molecule has 0 N–H and O–H groups in total. The quantitative estimate of drug-likeness (QED) is 0.792. The molecule has 0 bridgehead atoms. The molecule has 3 heterocycles. The lowest BCUT2D eigenvalue weighted by atomic mass is 10.1. The van der Waals surface area contributed by atoms with E-state index in [1.54, 1.807) is 18.2 Å². The van der Waals surface area contributed by atoms with Crippen LogP contribution in [0, 0.1) is 0 Å². The average Bonchev–Trinajstić information content (AvgIpc) is 3.10. The highest BCUT2D eigenvalue weighted by atomic mass is 35.5. The molecule has 0 saturated carbocycles. The zero-order valence-electron chi connectivity index (χ0n) is 13.4. The van der Waals surface area contributed by atoms with Gasteiger partial charge in [-0.15, -0.1) is 5.10 Å². The lowest BCUT2D eigenvalue weighted by Gasteiger charge is -2.43. The van der Waals surface area contributed by atoms with E-state index in [1.807, 2.05) is 4.90 Å². The number of aromatic nitrogens is 3. The van der Waals surface area contributed by atoms with Crippen LogP contribution >= 0.6 is 23.2 Å². The highest BCUT2D eigenvalue weighted by Gasteiger charge is 2.33. The van der Waals surface area contributed by atoms with E-state index in [0.717, 1.165) is 19.7 Å². The van der Waals surface area contributed by atoms with Crippen LogP contribution in [0.1, 0.15) is 10.5 Å². The van der Waals surface area contributed by atoms with Crippen LogP contribution in [-0.4, -0.2) is 76.1 Å². The molecule has 2 saturated heterocycles. The van der Waals surface area contributed by atoms with E-state index in [2.05, 4.69) is 15.2 Å². The number of hydrogen-bond acceptors (Lipinski definition) is 5. The van der Waals surface area contributed by atoms with Crippen molar-refractivity contribution in [3.8, 4) is 5.69 Å². The summed E-state index contributed by atoms with van der Waals surface area (Å²) in [7, 11) is 0. The van der Waals surface area contributed by atoms with Gasteiger partial charge in [0.25, 0.3) is 5.91 Å². The third kappa shape index (κ3) is 3.13. The number of carbonyl (C=O) groups is 1. The molecule has 0 spiro atoms. The van der Waals surface area contributed by atoms with Crippen molar-refractivity contribution in [1.29, 1.82) is 0 Å². The van der Waals surface area contributed by atoms with Crippen molar-refractivity contribution >= 4 is 29.1 Å². The third-order valence-electron chi connectivity index (χ3n) is 4.64. The van der Waals surface area contributed by atoms with E-state index in [9.17, 15) is 4.79 Å². The largest absolute Gasteiger partial charge is 0.378 e. The molecule has 2 aliphatic heterocycles. The number of ether oxygens (including phenoxy) is 1. The molecule has 1 amide bonds. The number of amides is 1. The molecule has 7 nitrogen and oxygen atoms in total. The third-order valence-corrected chi connectivity index (χ3v) is 5.25. The van der Waals surface area contributed by atoms with Gasteiger partial charge in [-0.05, 0) is 12.1 Å². The monoisotopic (exact) mass is 381 g/mol. The molecule has 1 atom stereocenters. The molecule has 132 valence electrons. The van der Waals surface area contributed by atoms with Gasteiger partial charge < -0.3 is 9.64 Å². The molecule has 2 aromatic rings. The number of halogens is 2. The maximum atomic E-state index is 13.0. The normalized spacial score (nSPS) is 21.2. The number of carbonyl (C=O) groups excluding carboxylic acids is 1. The highest BCUT2D eigenvalue weighted by molar-refractivity contribution is 6.37. The minimum Gasteiger partial charge on any atom is -0.378 e. The number of rotatable bonds is 2. The second-order valence-corrected chi connectivity index (χ2v) is 6.93. The molecule has 2 aliphatic rings. The predicted octanol–water partition coefficient (Wildman–Crippen LogP) is 1.73. The van der Waals surface area contributed by atoms with Gasteiger partial charge in [0.1, 0.15) is 5.69 Å². The first-order valence-corrected chi connectivity index (χ1v) is 8.87. The van der Waals surface area contributed by atoms with E-state index in [4.69, 9.17) is 27.9 Å². The van der Waals surface area contributed by atoms with Crippen molar-refractivity contribution in [3.05, 3.63) is 40.1 Å². The Morgan fingerprint density at radius 1 is 1.20 bits per heavy atom. The summed E-state index contributed by atoms with van der Waals surface area (Å²) in [6.07, 6.45) is 1.45. The average molecular weight is 382 g/mol. The van der Waals surface area contributed by atoms with Crippen LogP contribution < -0.4 is 0 Å². The molecular formula is C16H17Cl2N5O2. The Hall–Kier alpha value is -1.67. The van der Waals surface area contributed by atoms with Gasteiger partial charge in [-0.1, -0.05) is 34.5 Å². The first-order chi connectivity index (χ1) is 12.1. The van der Waals surface area contributed by atoms with Crippen molar-refractivity contribution < 1.29 is 9.53 Å². The summed E-state index contributed by atoms with van der Waals surface area (Å²) in [5, 5.41) is 8.74. The van der Waals surface area contributed by atoms with Crippen LogP contribution in [0.25, 0.3) is 5.69 Å². The molecule has 1 unspecified atom stereocenters. The topological polar surface area (TPSA) is 63.5 Å². The zero-order valence-corrected chi connectivity index (χ0v) is 14.9. The Balaban J connectivity index is 1.61. The van der Waals surface area contributed by atoms with Gasteiger partial charge in [0, 0.05) is 26.2 Å². The summed E-state index contributed by atoms with van der Waals surface area (Å²) in [4.78, 5) is 17.2. The minimum atomic E-state index is -0.133. The highest BCUT2D eigenvalue weighted by Crippen LogP contribution is 2.29. The Kier molecular flexibility index (Phi) is 4.64. The summed E-state index contributed by atoms with van der Waals surface area (Å²) in [5.41, 5.74) is 0.812. The Morgan fingerprint density at radius 3 is 2.80 bits per heavy atom. The lowest BCUT2D eigenvalue weighted by molar-refractivity contribution is -0.0396. The molecule has 4 rings (SSSR count). The summed E-state index contributed by atoms with van der Waals surface area (Å²) < 4.78 is 6.95. The van der Waals surface area contributed by atoms with Gasteiger partial charge in [0.15, 0.2) is 5.69 Å². The van der Waals surface area contributed by atoms with Crippen LogP contribution in [0.15, 0.2) is 24.4 Å². The Bertz CT molecular complexity index is 776. The predicted molar refractivity (Wildman–Crippen MR) is 93.5 cm³/mol. The minimum absolute atomic E-state index is 0.133. The fourth-order valence-electron chi connectivity index (χ4n) is 3.33. The number of benzene rings is 1. The van der Waals surface area contributed by atoms with E-state index in [0.29, 0.717) is 41.1 Å². The van der Waals surface area contributed by atoms with Crippen LogP contribution in [0.3, 0.4) is 0 Å². The second kappa shape index (κ2) is 6.92. The van der Waals surface area contributed by atoms with Crippen LogP contribution in [0.5, 0.6) is 0 Å². The Morgan fingerprint density at radius 2 is 2.00 bits per heavy atom. The van der Waals surface area contributed by atoms with Crippen LogP contribution in [-0.2, 0) is 4.74 Å². The van der Waals surface area contributed by atoms with Crippen molar-refractivity contribution in [1.82, 2.24) is 24.8 Å². The van der Waals surface area contributed by atoms with E-state index in [-0.39, 0.29) is 11.9 Å². The lowest BCUT2D eigenvalue weighted by Crippen LogP contribution is -2.59. The number of para-hydroxylation sites is 1. The molecule has 1 aromatic heterocycles. The molecule has 9 heteroatoms. The fourth-order valence-corrected chi connectivity index (χ4v) is 3.89. The summed E-state index contributed by atoms with van der Waals surface area (Å²) >= 11 is 12.5. The van der Waals surface area contributed by atoms with Gasteiger partial charge in [-0.25, -0.2) is 4.68 Å². The van der Waals surface area contributed by atoms with Gasteiger partial charge in [0.05, 0.1) is 35.5 Å². The maximum Gasteiger partial charge on any atom is 0.274 e. The fraction of sp³-hybridized carbons (Fsp3) is 0.438. The van der Waals surface area contributed by atoms with Gasteiger partial charge in [-0.3, -0.25) is 9.69 Å². The first kappa shape index (κ1) is 16.8. The second-order valence-electron chi connectivity index (χ2n) is 6.12. The molecule has 25 heavy (non-hydrogen) atoms. The van der Waals surface area contributed by atoms with Gasteiger partial charge >= 0.3 is 0 Å². The van der Waals surface area contributed by atoms with Crippen LogP contribution in [0.2, 0.25) is 10.0 Å². The summed E-state index contributed by atoms with van der Waals surface area (Å²) in [6.45, 7) is 4.45. The van der Waals surface area contributed by atoms with Crippen molar-refractivity contribution in [2.75, 3.05) is 39.4 Å².